The average Bonchev–Trinajstić information content (AvgIpc) is 2.10. The fraction of sp³-hybridized carbons (Fsp3) is 0.909. The zero-order chi connectivity index (χ0) is 10.8. The van der Waals surface area contributed by atoms with E-state index in [-0.39, 0.29) is 10.1 Å². The summed E-state index contributed by atoms with van der Waals surface area (Å²) in [5, 5.41) is 0. The third kappa shape index (κ3) is 10.3. The monoisotopic (exact) mass is 312 g/mol. The van der Waals surface area contributed by atoms with Gasteiger partial charge in [0, 0.05) is 6.92 Å². The number of rotatable bonds is 8. The van der Waals surface area contributed by atoms with E-state index >= 15 is 0 Å². The third-order valence-corrected chi connectivity index (χ3v) is 2.96. The molecule has 0 bridgehead atoms. The summed E-state index contributed by atoms with van der Waals surface area (Å²) < 4.78 is 5.09. The Labute approximate surface area is 101 Å². The van der Waals surface area contributed by atoms with Gasteiger partial charge in [-0.25, -0.2) is 0 Å². The van der Waals surface area contributed by atoms with Gasteiger partial charge in [-0.2, -0.15) is 0 Å². The van der Waals surface area contributed by atoms with Crippen molar-refractivity contribution in [2.45, 2.75) is 62.9 Å². The second-order valence-corrected chi connectivity index (χ2v) is 4.97. The van der Waals surface area contributed by atoms with E-state index in [0.717, 1.165) is 6.42 Å². The minimum Gasteiger partial charge on any atom is -0.452 e. The molecule has 0 aliphatic carbocycles. The fourth-order valence-electron chi connectivity index (χ4n) is 1.32. The first-order chi connectivity index (χ1) is 6.66. The summed E-state index contributed by atoms with van der Waals surface area (Å²) in [4.78, 5) is 10.6. The third-order valence-electron chi connectivity index (χ3n) is 2.08. The Hall–Kier alpha value is 0.200. The Morgan fingerprint density at radius 3 is 2.36 bits per heavy atom. The predicted octanol–water partition coefficient (Wildman–Crippen LogP) is 4.06. The van der Waals surface area contributed by atoms with Gasteiger partial charge < -0.3 is 4.74 Å². The van der Waals surface area contributed by atoms with Crippen LogP contribution in [-0.2, 0) is 9.53 Å². The van der Waals surface area contributed by atoms with E-state index in [0.29, 0.717) is 0 Å². The number of esters is 1. The first kappa shape index (κ1) is 14.2. The number of ether oxygens (including phenoxy) is 1. The van der Waals surface area contributed by atoms with Crippen molar-refractivity contribution in [2.75, 3.05) is 0 Å². The van der Waals surface area contributed by atoms with Crippen LogP contribution in [0, 0.1) is 0 Å². The normalized spacial score (nSPS) is 12.5. The molecule has 0 saturated heterocycles. The quantitative estimate of drug-likeness (QED) is 0.292. The van der Waals surface area contributed by atoms with Crippen LogP contribution in [0.4, 0.5) is 0 Å². The van der Waals surface area contributed by atoms with Crippen LogP contribution in [0.25, 0.3) is 0 Å². The summed E-state index contributed by atoms with van der Waals surface area (Å²) in [5.74, 6) is -0.171. The molecule has 0 amide bonds. The Morgan fingerprint density at radius 2 is 1.79 bits per heavy atom. The lowest BCUT2D eigenvalue weighted by molar-refractivity contribution is -0.141. The highest BCUT2D eigenvalue weighted by atomic mass is 127. The minimum absolute atomic E-state index is 0.0660. The Balaban J connectivity index is 3.14. The first-order valence-electron chi connectivity index (χ1n) is 5.48. The topological polar surface area (TPSA) is 26.3 Å². The van der Waals surface area contributed by atoms with Crippen molar-refractivity contribution in [1.82, 2.24) is 0 Å². The average molecular weight is 312 g/mol. The molecule has 1 atom stereocenters. The Morgan fingerprint density at radius 1 is 1.21 bits per heavy atom. The molecule has 0 aliphatic rings. The molecule has 0 aliphatic heterocycles. The maximum atomic E-state index is 10.6. The van der Waals surface area contributed by atoms with Crippen molar-refractivity contribution in [1.29, 1.82) is 0 Å². The van der Waals surface area contributed by atoms with Gasteiger partial charge in [0.1, 0.15) is 0 Å². The van der Waals surface area contributed by atoms with Gasteiger partial charge in [0.05, 0.1) is 0 Å². The van der Waals surface area contributed by atoms with E-state index in [1.54, 1.807) is 0 Å². The summed E-state index contributed by atoms with van der Waals surface area (Å²) in [6.07, 6.45) is 8.73. The van der Waals surface area contributed by atoms with Crippen molar-refractivity contribution < 1.29 is 9.53 Å². The molecular weight excluding hydrogens is 291 g/mol. The number of carbonyl (C=O) groups excluding carboxylic acids is 1. The number of hydrogen-bond donors (Lipinski definition) is 0. The second kappa shape index (κ2) is 9.74. The SMILES string of the molecule is CCCCCCCCC(I)OC(C)=O. The second-order valence-electron chi connectivity index (χ2n) is 3.58. The van der Waals surface area contributed by atoms with Crippen molar-refractivity contribution in [3.8, 4) is 0 Å². The predicted molar refractivity (Wildman–Crippen MR) is 67.6 cm³/mol. The molecule has 0 fully saturated rings. The van der Waals surface area contributed by atoms with Crippen molar-refractivity contribution in [2.24, 2.45) is 0 Å². The van der Waals surface area contributed by atoms with Crippen LogP contribution in [-0.4, -0.2) is 10.1 Å². The molecule has 0 saturated carbocycles. The molecule has 0 spiro atoms. The Bertz CT molecular complexity index is 148. The Kier molecular flexibility index (Phi) is 9.88. The molecule has 3 heteroatoms. The van der Waals surface area contributed by atoms with Gasteiger partial charge in [0.25, 0.3) is 0 Å². The number of hydrogen-bond acceptors (Lipinski definition) is 2. The summed E-state index contributed by atoms with van der Waals surface area (Å²) >= 11 is 2.18. The van der Waals surface area contributed by atoms with Crippen LogP contribution in [0.2, 0.25) is 0 Å². The molecule has 0 aromatic carbocycles. The van der Waals surface area contributed by atoms with Gasteiger partial charge in [0.15, 0.2) is 4.11 Å². The van der Waals surface area contributed by atoms with Crippen LogP contribution in [0.5, 0.6) is 0 Å². The molecule has 2 nitrogen and oxygen atoms in total. The number of unbranched alkanes of at least 4 members (excludes halogenated alkanes) is 5. The maximum absolute atomic E-state index is 10.6. The van der Waals surface area contributed by atoms with Crippen LogP contribution in [0.3, 0.4) is 0 Å². The van der Waals surface area contributed by atoms with Crippen molar-refractivity contribution >= 4 is 28.6 Å². The number of alkyl halides is 1. The summed E-state index contributed by atoms with van der Waals surface area (Å²) in [5.41, 5.74) is 0. The van der Waals surface area contributed by atoms with Crippen molar-refractivity contribution in [3.63, 3.8) is 0 Å². The van der Waals surface area contributed by atoms with Crippen LogP contribution >= 0.6 is 22.6 Å². The highest BCUT2D eigenvalue weighted by Gasteiger charge is 2.05. The fourth-order valence-corrected chi connectivity index (χ4v) is 2.12. The minimum atomic E-state index is -0.171. The lowest BCUT2D eigenvalue weighted by atomic mass is 10.1. The standard InChI is InChI=1S/C11H21IO2/c1-3-4-5-6-7-8-9-11(12)14-10(2)13/h11H,3-9H2,1-2H3. The lowest BCUT2D eigenvalue weighted by Crippen LogP contribution is -2.08. The lowest BCUT2D eigenvalue weighted by Gasteiger charge is -2.09. The zero-order valence-electron chi connectivity index (χ0n) is 9.22. The van der Waals surface area contributed by atoms with Gasteiger partial charge in [-0.15, -0.1) is 0 Å². The molecule has 0 radical (unpaired) electrons. The van der Waals surface area contributed by atoms with E-state index < -0.39 is 0 Å². The van der Waals surface area contributed by atoms with E-state index in [4.69, 9.17) is 4.74 Å². The van der Waals surface area contributed by atoms with E-state index in [2.05, 4.69) is 29.5 Å². The maximum Gasteiger partial charge on any atom is 0.303 e. The molecule has 84 valence electrons. The van der Waals surface area contributed by atoms with Crippen molar-refractivity contribution in [3.05, 3.63) is 0 Å². The van der Waals surface area contributed by atoms with Crippen LogP contribution in [0.1, 0.15) is 58.8 Å². The first-order valence-corrected chi connectivity index (χ1v) is 6.72. The molecule has 0 rings (SSSR count). The van der Waals surface area contributed by atoms with Gasteiger partial charge >= 0.3 is 5.97 Å². The molecule has 0 aromatic rings. The van der Waals surface area contributed by atoms with Crippen LogP contribution < -0.4 is 0 Å². The van der Waals surface area contributed by atoms with Crippen LogP contribution in [0.15, 0.2) is 0 Å². The van der Waals surface area contributed by atoms with E-state index in [9.17, 15) is 4.79 Å². The molecule has 0 N–H and O–H groups in total. The highest BCUT2D eigenvalue weighted by molar-refractivity contribution is 14.1. The molecule has 14 heavy (non-hydrogen) atoms. The number of halogens is 1. The van der Waals surface area contributed by atoms with E-state index in [1.165, 1.54) is 45.4 Å². The molecular formula is C11H21IO2. The molecule has 0 aromatic heterocycles. The van der Waals surface area contributed by atoms with E-state index in [1.807, 2.05) is 0 Å². The largest absolute Gasteiger partial charge is 0.452 e. The van der Waals surface area contributed by atoms with Gasteiger partial charge in [-0.3, -0.25) is 4.79 Å². The number of carbonyl (C=O) groups is 1. The van der Waals surface area contributed by atoms with Gasteiger partial charge in [-0.1, -0.05) is 39.0 Å². The smallest absolute Gasteiger partial charge is 0.303 e. The molecule has 1 unspecified atom stereocenters. The van der Waals surface area contributed by atoms with Gasteiger partial charge in [0.2, 0.25) is 0 Å². The highest BCUT2D eigenvalue weighted by Crippen LogP contribution is 2.14. The molecule has 0 heterocycles. The summed E-state index contributed by atoms with van der Waals surface area (Å²) in [6, 6.07) is 0. The van der Waals surface area contributed by atoms with Gasteiger partial charge in [-0.05, 0) is 35.4 Å². The summed E-state index contributed by atoms with van der Waals surface area (Å²) in [6.45, 7) is 3.69. The zero-order valence-corrected chi connectivity index (χ0v) is 11.4. The summed E-state index contributed by atoms with van der Waals surface area (Å²) in [7, 11) is 0.